The lowest BCUT2D eigenvalue weighted by Gasteiger charge is -2.29. The van der Waals surface area contributed by atoms with Crippen LogP contribution in [0.2, 0.25) is 0 Å². The van der Waals surface area contributed by atoms with Crippen molar-refractivity contribution in [3.8, 4) is 0 Å². The molecule has 0 unspecified atom stereocenters. The minimum absolute atomic E-state index is 0.704. The van der Waals surface area contributed by atoms with E-state index < -0.39 is 45.1 Å². The van der Waals surface area contributed by atoms with E-state index in [9.17, 15) is 14.8 Å². The summed E-state index contributed by atoms with van der Waals surface area (Å²) in [4.78, 5) is 17.2. The van der Waals surface area contributed by atoms with Crippen LogP contribution in [0.1, 0.15) is 0 Å². The highest BCUT2D eigenvalue weighted by atomic mass is 31.2. The van der Waals surface area contributed by atoms with Crippen LogP contribution < -0.4 is 0 Å². The first-order chi connectivity index (χ1) is 7.25. The Labute approximate surface area is 90.1 Å². The average Bonchev–Trinajstić information content (AvgIpc) is 2.41. The zero-order valence-electron chi connectivity index (χ0n) is 8.00. The zero-order chi connectivity index (χ0) is 12.6. The molecule has 9 nitrogen and oxygen atoms in total. The van der Waals surface area contributed by atoms with Crippen molar-refractivity contribution in [3.05, 3.63) is 0 Å². The van der Waals surface area contributed by atoms with Gasteiger partial charge in [-0.2, -0.15) is 0 Å². The van der Waals surface area contributed by atoms with Crippen molar-refractivity contribution in [2.45, 2.75) is 24.1 Å². The van der Waals surface area contributed by atoms with Gasteiger partial charge in [-0.1, -0.05) is 0 Å². The molecule has 0 aromatic carbocycles. The van der Waals surface area contributed by atoms with Crippen molar-refractivity contribution in [2.75, 3.05) is 13.2 Å². The quantitative estimate of drug-likeness (QED) is 0.288. The van der Waals surface area contributed by atoms with Gasteiger partial charge in [0, 0.05) is 0 Å². The Morgan fingerprint density at radius 2 is 1.88 bits per heavy atom. The Morgan fingerprint density at radius 1 is 1.31 bits per heavy atom. The summed E-state index contributed by atoms with van der Waals surface area (Å²) in [6.45, 7) is -1.79. The van der Waals surface area contributed by atoms with Crippen LogP contribution in [0, 0.1) is 0 Å². The average molecular weight is 260 g/mol. The number of rotatable bonds is 4. The van der Waals surface area contributed by atoms with Crippen LogP contribution in [0.5, 0.6) is 0 Å². The van der Waals surface area contributed by atoms with E-state index in [1.165, 1.54) is 0 Å². The van der Waals surface area contributed by atoms with Gasteiger partial charge in [0.2, 0.25) is 5.79 Å². The van der Waals surface area contributed by atoms with Gasteiger partial charge in [0.1, 0.15) is 24.9 Å². The van der Waals surface area contributed by atoms with E-state index in [-0.39, 0.29) is 0 Å². The number of ether oxygens (including phenoxy) is 1. The fourth-order valence-electron chi connectivity index (χ4n) is 1.44. The maximum Gasteiger partial charge on any atom is 0.472 e. The predicted molar refractivity (Wildman–Crippen MR) is 46.9 cm³/mol. The Bertz CT molecular complexity index is 290. The van der Waals surface area contributed by atoms with Gasteiger partial charge in [0.25, 0.3) is 0 Å². The van der Waals surface area contributed by atoms with Gasteiger partial charge < -0.3 is 34.9 Å². The third kappa shape index (κ3) is 2.59. The molecule has 1 rings (SSSR count). The molecule has 0 radical (unpaired) electrons. The third-order valence-corrected chi connectivity index (χ3v) is 2.73. The van der Waals surface area contributed by atoms with Crippen molar-refractivity contribution < 1.29 is 44.0 Å². The topological polar surface area (TPSA) is 157 Å². The molecule has 1 aliphatic heterocycles. The molecule has 0 saturated carbocycles. The standard InChI is InChI=1S/C6H13O9P/c7-1-3-4(9)5(10)6(2-8,14-3)15-16(11,12)13/h3-5,7-10H,1-2H2,(H2,11,12,13)/t3-,4-,5+,6+/m1/s1. The minimum atomic E-state index is -5.04. The van der Waals surface area contributed by atoms with Crippen molar-refractivity contribution >= 4 is 7.82 Å². The van der Waals surface area contributed by atoms with Gasteiger partial charge in [0.15, 0.2) is 0 Å². The summed E-state index contributed by atoms with van der Waals surface area (Å²) >= 11 is 0. The molecule has 4 atom stereocenters. The van der Waals surface area contributed by atoms with Crippen molar-refractivity contribution in [3.63, 3.8) is 0 Å². The molecule has 1 heterocycles. The SMILES string of the molecule is O=P(O)(O)O[C@]1(CO)O[C@H](CO)[C@@H](O)[C@@H]1O. The summed E-state index contributed by atoms with van der Waals surface area (Å²) in [5, 5.41) is 36.5. The second kappa shape index (κ2) is 4.65. The monoisotopic (exact) mass is 260 g/mol. The van der Waals surface area contributed by atoms with Crippen LogP contribution in [0.4, 0.5) is 0 Å². The molecule has 0 spiro atoms. The van der Waals surface area contributed by atoms with Crippen LogP contribution in [-0.4, -0.2) is 67.5 Å². The molecule has 16 heavy (non-hydrogen) atoms. The molecule has 6 N–H and O–H groups in total. The predicted octanol–water partition coefficient (Wildman–Crippen LogP) is -3.10. The number of phosphoric ester groups is 1. The Balaban J connectivity index is 2.93. The molecule has 1 saturated heterocycles. The molecule has 0 amide bonds. The summed E-state index contributed by atoms with van der Waals surface area (Å²) in [6.07, 6.45) is -4.81. The number of hydrogen-bond acceptors (Lipinski definition) is 7. The molecular weight excluding hydrogens is 247 g/mol. The highest BCUT2D eigenvalue weighted by molar-refractivity contribution is 7.46. The van der Waals surface area contributed by atoms with Gasteiger partial charge in [-0.3, -0.25) is 0 Å². The number of aliphatic hydroxyl groups excluding tert-OH is 4. The van der Waals surface area contributed by atoms with Gasteiger partial charge in [0.05, 0.1) is 6.61 Å². The van der Waals surface area contributed by atoms with E-state index in [0.717, 1.165) is 0 Å². The maximum absolute atomic E-state index is 10.6. The van der Waals surface area contributed by atoms with E-state index in [1.54, 1.807) is 0 Å². The highest BCUT2D eigenvalue weighted by Gasteiger charge is 2.57. The zero-order valence-corrected chi connectivity index (χ0v) is 8.90. The summed E-state index contributed by atoms with van der Waals surface area (Å²) < 4.78 is 19.5. The largest absolute Gasteiger partial charge is 0.472 e. The molecule has 0 aliphatic carbocycles. The minimum Gasteiger partial charge on any atom is -0.394 e. The Hall–Kier alpha value is -0.0900. The lowest BCUT2D eigenvalue weighted by Crippen LogP contribution is -2.47. The van der Waals surface area contributed by atoms with Crippen molar-refractivity contribution in [1.29, 1.82) is 0 Å². The van der Waals surface area contributed by atoms with Gasteiger partial charge in [-0.05, 0) is 0 Å². The molecule has 1 fully saturated rings. The molecule has 1 aliphatic rings. The second-order valence-corrected chi connectivity index (χ2v) is 4.49. The third-order valence-electron chi connectivity index (χ3n) is 2.18. The first kappa shape index (κ1) is 14.0. The Kier molecular flexibility index (Phi) is 4.06. The number of phosphoric acid groups is 1. The number of aliphatic hydroxyl groups is 4. The maximum atomic E-state index is 10.6. The summed E-state index contributed by atoms with van der Waals surface area (Å²) in [6, 6.07) is 0. The first-order valence-electron chi connectivity index (χ1n) is 4.28. The van der Waals surface area contributed by atoms with Crippen LogP contribution in [0.15, 0.2) is 0 Å². The van der Waals surface area contributed by atoms with Gasteiger partial charge in [-0.15, -0.1) is 0 Å². The normalized spacial score (nSPS) is 40.2. The second-order valence-electron chi connectivity index (χ2n) is 3.33. The smallest absolute Gasteiger partial charge is 0.394 e. The van der Waals surface area contributed by atoms with Crippen LogP contribution in [-0.2, 0) is 13.8 Å². The number of hydrogen-bond donors (Lipinski definition) is 6. The highest BCUT2D eigenvalue weighted by Crippen LogP contribution is 2.46. The lowest BCUT2D eigenvalue weighted by atomic mass is 10.1. The van der Waals surface area contributed by atoms with Crippen LogP contribution in [0.25, 0.3) is 0 Å². The fourth-order valence-corrected chi connectivity index (χ4v) is 2.05. The van der Waals surface area contributed by atoms with E-state index in [1.807, 2.05) is 0 Å². The Morgan fingerprint density at radius 3 is 2.19 bits per heavy atom. The van der Waals surface area contributed by atoms with Gasteiger partial charge >= 0.3 is 7.82 Å². The summed E-state index contributed by atoms with van der Waals surface area (Å²) in [5.41, 5.74) is 0. The van der Waals surface area contributed by atoms with Crippen molar-refractivity contribution in [1.82, 2.24) is 0 Å². The fraction of sp³-hybridized carbons (Fsp3) is 1.00. The molecule has 10 heteroatoms. The van der Waals surface area contributed by atoms with E-state index in [4.69, 9.17) is 24.7 Å². The molecular formula is C6H13O9P. The molecule has 0 bridgehead atoms. The summed E-state index contributed by atoms with van der Waals surface area (Å²) in [7, 11) is -5.04. The van der Waals surface area contributed by atoms with Crippen LogP contribution >= 0.6 is 7.82 Å². The molecule has 0 aromatic rings. The van der Waals surface area contributed by atoms with E-state index in [2.05, 4.69) is 4.52 Å². The van der Waals surface area contributed by atoms with E-state index >= 15 is 0 Å². The van der Waals surface area contributed by atoms with Crippen molar-refractivity contribution in [2.24, 2.45) is 0 Å². The molecule has 96 valence electrons. The van der Waals surface area contributed by atoms with Gasteiger partial charge in [-0.25, -0.2) is 9.09 Å². The first-order valence-corrected chi connectivity index (χ1v) is 5.81. The van der Waals surface area contributed by atoms with E-state index in [0.29, 0.717) is 0 Å². The van der Waals surface area contributed by atoms with Crippen LogP contribution in [0.3, 0.4) is 0 Å². The summed E-state index contributed by atoms with van der Waals surface area (Å²) in [5.74, 6) is -2.44. The lowest BCUT2D eigenvalue weighted by molar-refractivity contribution is -0.237. The molecule has 0 aromatic heterocycles.